The van der Waals surface area contributed by atoms with E-state index < -0.39 is 5.82 Å². The smallest absolute Gasteiger partial charge is 0.163 e. The van der Waals surface area contributed by atoms with Crippen molar-refractivity contribution in [2.75, 3.05) is 23.3 Å². The number of para-hydroxylation sites is 1. The fourth-order valence-corrected chi connectivity index (χ4v) is 4.61. The molecular weight excluding hydrogens is 443 g/mol. The number of rotatable bonds is 6. The molecule has 0 atom stereocenters. The maximum Gasteiger partial charge on any atom is 0.163 e. The molecular formula is C26H24FN8. The van der Waals surface area contributed by atoms with Gasteiger partial charge in [-0.15, -0.1) is 0 Å². The van der Waals surface area contributed by atoms with Crippen LogP contribution in [0.1, 0.15) is 16.8 Å². The lowest BCUT2D eigenvalue weighted by atomic mass is 10.0. The lowest BCUT2D eigenvalue weighted by molar-refractivity contribution is 0.621. The van der Waals surface area contributed by atoms with Gasteiger partial charge in [0.15, 0.2) is 11.6 Å². The summed E-state index contributed by atoms with van der Waals surface area (Å²) in [6, 6.07) is 11.6. The Labute approximate surface area is 201 Å². The summed E-state index contributed by atoms with van der Waals surface area (Å²) < 4.78 is 15.6. The number of aromatic nitrogens is 6. The highest BCUT2D eigenvalue weighted by Crippen LogP contribution is 2.29. The summed E-state index contributed by atoms with van der Waals surface area (Å²) in [5.41, 5.74) is 4.94. The van der Waals surface area contributed by atoms with E-state index in [1.54, 1.807) is 10.9 Å². The van der Waals surface area contributed by atoms with Gasteiger partial charge < -0.3 is 15.2 Å². The largest absolute Gasteiger partial charge is 0.369 e. The highest BCUT2D eigenvalue weighted by molar-refractivity contribution is 5.83. The topological polar surface area (TPSA) is 87.5 Å². The fraction of sp³-hybridized carbons (Fsp3) is 0.231. The minimum atomic E-state index is -0.414. The molecule has 0 bridgehead atoms. The van der Waals surface area contributed by atoms with Crippen LogP contribution in [0.25, 0.3) is 22.3 Å². The average Bonchev–Trinajstić information content (AvgIpc) is 3.50. The van der Waals surface area contributed by atoms with Crippen LogP contribution < -0.4 is 10.2 Å². The van der Waals surface area contributed by atoms with Crippen LogP contribution in [0.4, 0.5) is 16.0 Å². The Morgan fingerprint density at radius 2 is 2.11 bits per heavy atom. The van der Waals surface area contributed by atoms with Gasteiger partial charge in [0, 0.05) is 60.6 Å². The molecule has 2 N–H and O–H groups in total. The van der Waals surface area contributed by atoms with Crippen LogP contribution in [0.5, 0.6) is 0 Å². The molecule has 0 saturated carbocycles. The SMILES string of the molecule is Cn1[c]cc(N2CCc3c(nc(-c4cncc(F)c4)nc3NCCc3c[nH]c4ccccc34)C2)n1. The Hall–Kier alpha value is -4.27. The third kappa shape index (κ3) is 4.21. The summed E-state index contributed by atoms with van der Waals surface area (Å²) in [4.78, 5) is 19.1. The highest BCUT2D eigenvalue weighted by atomic mass is 19.1. The molecule has 1 aromatic carbocycles. The molecule has 35 heavy (non-hydrogen) atoms. The van der Waals surface area contributed by atoms with Gasteiger partial charge in [0.1, 0.15) is 11.6 Å². The van der Waals surface area contributed by atoms with E-state index in [1.807, 2.05) is 19.2 Å². The summed E-state index contributed by atoms with van der Waals surface area (Å²) in [6.07, 6.45) is 9.53. The predicted molar refractivity (Wildman–Crippen MR) is 133 cm³/mol. The zero-order valence-corrected chi connectivity index (χ0v) is 19.3. The molecule has 4 aromatic heterocycles. The van der Waals surface area contributed by atoms with E-state index in [2.05, 4.69) is 55.9 Å². The van der Waals surface area contributed by atoms with Gasteiger partial charge in [-0.1, -0.05) is 18.2 Å². The molecule has 0 amide bonds. The number of H-pyrrole nitrogens is 1. The second kappa shape index (κ2) is 8.83. The highest BCUT2D eigenvalue weighted by Gasteiger charge is 2.24. The lowest BCUT2D eigenvalue weighted by Gasteiger charge is -2.29. The number of aryl methyl sites for hydroxylation is 1. The molecule has 1 radical (unpaired) electrons. The monoisotopic (exact) mass is 467 g/mol. The number of aromatic amines is 1. The van der Waals surface area contributed by atoms with Gasteiger partial charge in [0.2, 0.25) is 0 Å². The first-order chi connectivity index (χ1) is 17.1. The second-order valence-corrected chi connectivity index (χ2v) is 8.68. The molecule has 0 unspecified atom stereocenters. The maximum absolute atomic E-state index is 13.9. The number of nitrogens with one attached hydrogen (secondary N) is 2. The van der Waals surface area contributed by atoms with Crippen molar-refractivity contribution in [1.82, 2.24) is 29.7 Å². The van der Waals surface area contributed by atoms with Crippen LogP contribution >= 0.6 is 0 Å². The zero-order chi connectivity index (χ0) is 23.8. The van der Waals surface area contributed by atoms with Crippen molar-refractivity contribution in [3.63, 3.8) is 0 Å². The van der Waals surface area contributed by atoms with Crippen molar-refractivity contribution < 1.29 is 4.39 Å². The molecule has 1 aliphatic heterocycles. The Bertz CT molecular complexity index is 1500. The van der Waals surface area contributed by atoms with Gasteiger partial charge in [-0.05, 0) is 30.5 Å². The summed E-state index contributed by atoms with van der Waals surface area (Å²) in [5, 5.41) is 9.26. The zero-order valence-electron chi connectivity index (χ0n) is 19.3. The summed E-state index contributed by atoms with van der Waals surface area (Å²) in [5.74, 6) is 1.70. The van der Waals surface area contributed by atoms with Gasteiger partial charge in [0.25, 0.3) is 0 Å². The van der Waals surface area contributed by atoms with Crippen molar-refractivity contribution in [3.05, 3.63) is 83.8 Å². The molecule has 5 heterocycles. The molecule has 175 valence electrons. The Morgan fingerprint density at radius 1 is 1.20 bits per heavy atom. The van der Waals surface area contributed by atoms with Gasteiger partial charge >= 0.3 is 0 Å². The van der Waals surface area contributed by atoms with Crippen LogP contribution in [0.2, 0.25) is 0 Å². The van der Waals surface area contributed by atoms with E-state index >= 15 is 0 Å². The van der Waals surface area contributed by atoms with Gasteiger partial charge in [0.05, 0.1) is 24.6 Å². The Balaban J connectivity index is 1.30. The molecule has 0 spiro atoms. The summed E-state index contributed by atoms with van der Waals surface area (Å²) in [6.45, 7) is 2.11. The third-order valence-corrected chi connectivity index (χ3v) is 6.35. The first-order valence-corrected chi connectivity index (χ1v) is 11.6. The van der Waals surface area contributed by atoms with Gasteiger partial charge in [-0.2, -0.15) is 5.10 Å². The van der Waals surface area contributed by atoms with E-state index in [9.17, 15) is 4.39 Å². The maximum atomic E-state index is 13.9. The van der Waals surface area contributed by atoms with Crippen LogP contribution in [0.3, 0.4) is 0 Å². The number of nitrogens with zero attached hydrogens (tertiary/aromatic N) is 6. The second-order valence-electron chi connectivity index (χ2n) is 8.68. The quantitative estimate of drug-likeness (QED) is 0.394. The Morgan fingerprint density at radius 3 is 2.97 bits per heavy atom. The number of hydrogen-bond acceptors (Lipinski definition) is 6. The van der Waals surface area contributed by atoms with E-state index in [1.165, 1.54) is 23.2 Å². The average molecular weight is 468 g/mol. The fourth-order valence-electron chi connectivity index (χ4n) is 4.61. The van der Waals surface area contributed by atoms with Crippen LogP contribution in [0, 0.1) is 12.0 Å². The first kappa shape index (κ1) is 21.3. The standard InChI is InChI=1S/C26H24FN8/c1-34-10-8-24(33-34)35-11-7-21-23(16-35)31-25(18-12-19(27)15-28-13-18)32-26(21)29-9-6-17-14-30-22-5-3-2-4-20(17)22/h2-5,8,12-15,30H,6-7,9,11,16H2,1H3,(H,29,31,32). The summed E-state index contributed by atoms with van der Waals surface area (Å²) in [7, 11) is 1.86. The van der Waals surface area contributed by atoms with Crippen LogP contribution in [-0.2, 0) is 26.4 Å². The van der Waals surface area contributed by atoms with Crippen molar-refractivity contribution >= 4 is 22.5 Å². The molecule has 6 rings (SSSR count). The number of pyridine rings is 1. The van der Waals surface area contributed by atoms with Gasteiger partial charge in [-0.25, -0.2) is 14.4 Å². The lowest BCUT2D eigenvalue weighted by Crippen LogP contribution is -2.32. The van der Waals surface area contributed by atoms with Crippen LogP contribution in [0.15, 0.2) is 55.0 Å². The molecule has 8 nitrogen and oxygen atoms in total. The normalized spacial score (nSPS) is 13.3. The minimum Gasteiger partial charge on any atom is -0.369 e. The van der Waals surface area contributed by atoms with Crippen molar-refractivity contribution in [3.8, 4) is 11.4 Å². The van der Waals surface area contributed by atoms with Crippen molar-refractivity contribution in [1.29, 1.82) is 0 Å². The van der Waals surface area contributed by atoms with E-state index in [-0.39, 0.29) is 0 Å². The predicted octanol–water partition coefficient (Wildman–Crippen LogP) is 3.91. The molecule has 9 heteroatoms. The van der Waals surface area contributed by atoms with Gasteiger partial charge in [-0.3, -0.25) is 9.67 Å². The van der Waals surface area contributed by atoms with E-state index in [0.29, 0.717) is 24.5 Å². The number of halogens is 1. The number of anilines is 2. The minimum absolute atomic E-state index is 0.414. The molecule has 5 aromatic rings. The first-order valence-electron chi connectivity index (χ1n) is 11.6. The van der Waals surface area contributed by atoms with E-state index in [0.717, 1.165) is 47.8 Å². The molecule has 0 aliphatic carbocycles. The van der Waals surface area contributed by atoms with Crippen LogP contribution in [-0.4, -0.2) is 42.8 Å². The van der Waals surface area contributed by atoms with E-state index in [4.69, 9.17) is 9.97 Å². The molecule has 0 saturated heterocycles. The number of fused-ring (bicyclic) bond motifs is 2. The molecule has 0 fully saturated rings. The Kier molecular flexibility index (Phi) is 5.36. The number of benzene rings is 1. The van der Waals surface area contributed by atoms with Crippen molar-refractivity contribution in [2.45, 2.75) is 19.4 Å². The third-order valence-electron chi connectivity index (χ3n) is 6.35. The molecule has 1 aliphatic rings. The summed E-state index contributed by atoms with van der Waals surface area (Å²) >= 11 is 0. The number of hydrogen-bond donors (Lipinski definition) is 2. The van der Waals surface area contributed by atoms with Crippen molar-refractivity contribution in [2.24, 2.45) is 7.05 Å².